The molecule has 0 aliphatic carbocycles. The molecule has 2 N–H and O–H groups in total. The molecule has 1 atom stereocenters. The predicted octanol–water partition coefficient (Wildman–Crippen LogP) is 0.421. The minimum absolute atomic E-state index is 0.186. The Kier molecular flexibility index (Phi) is 5.95. The molecule has 0 unspecified atom stereocenters. The molecule has 0 spiro atoms. The summed E-state index contributed by atoms with van der Waals surface area (Å²) < 4.78 is 0. The molecule has 0 radical (unpaired) electrons. The summed E-state index contributed by atoms with van der Waals surface area (Å²) >= 11 is 0. The van der Waals surface area contributed by atoms with Crippen LogP contribution in [0.25, 0.3) is 0 Å². The van der Waals surface area contributed by atoms with Crippen LogP contribution in [-0.4, -0.2) is 53.2 Å². The third-order valence-electron chi connectivity index (χ3n) is 3.22. The summed E-state index contributed by atoms with van der Waals surface area (Å²) in [6.45, 7) is 4.08. The van der Waals surface area contributed by atoms with Crippen LogP contribution < -0.4 is 0 Å². The molecule has 16 heavy (non-hydrogen) atoms. The highest BCUT2D eigenvalue weighted by Gasteiger charge is 2.24. The van der Waals surface area contributed by atoms with E-state index in [4.69, 9.17) is 5.11 Å². The van der Waals surface area contributed by atoms with E-state index in [0.29, 0.717) is 18.7 Å². The van der Waals surface area contributed by atoms with Crippen molar-refractivity contribution in [1.29, 1.82) is 0 Å². The molecule has 4 heteroatoms. The Morgan fingerprint density at radius 2 is 2.06 bits per heavy atom. The van der Waals surface area contributed by atoms with Gasteiger partial charge < -0.3 is 15.1 Å². The van der Waals surface area contributed by atoms with E-state index in [9.17, 15) is 9.90 Å². The number of ketones is 1. The summed E-state index contributed by atoms with van der Waals surface area (Å²) in [5.74, 6) is 0.618. The molecule has 1 fully saturated rings. The van der Waals surface area contributed by atoms with Crippen LogP contribution in [0.2, 0.25) is 0 Å². The SMILES string of the molecule is CCCC(=O)C1CCN(C[C@H](O)CO)CC1. The van der Waals surface area contributed by atoms with E-state index in [1.807, 2.05) is 6.92 Å². The first-order valence-electron chi connectivity index (χ1n) is 6.21. The summed E-state index contributed by atoms with van der Waals surface area (Å²) in [6, 6.07) is 0. The molecule has 1 heterocycles. The Bertz CT molecular complexity index is 212. The molecule has 1 rings (SSSR count). The summed E-state index contributed by atoms with van der Waals surface area (Å²) in [5, 5.41) is 18.1. The fraction of sp³-hybridized carbons (Fsp3) is 0.917. The second kappa shape index (κ2) is 6.99. The third-order valence-corrected chi connectivity index (χ3v) is 3.22. The van der Waals surface area contributed by atoms with Gasteiger partial charge in [0.15, 0.2) is 0 Å². The Morgan fingerprint density at radius 3 is 2.56 bits per heavy atom. The van der Waals surface area contributed by atoms with E-state index in [1.165, 1.54) is 0 Å². The maximum atomic E-state index is 11.7. The Labute approximate surface area is 97.3 Å². The summed E-state index contributed by atoms with van der Waals surface area (Å²) in [6.07, 6.45) is 2.78. The topological polar surface area (TPSA) is 60.8 Å². The number of piperidine rings is 1. The van der Waals surface area contributed by atoms with E-state index >= 15 is 0 Å². The average molecular weight is 229 g/mol. The normalized spacial score (nSPS) is 20.9. The van der Waals surface area contributed by atoms with Gasteiger partial charge in [0.1, 0.15) is 5.78 Å². The van der Waals surface area contributed by atoms with Crippen LogP contribution in [0.3, 0.4) is 0 Å². The molecule has 1 aliphatic rings. The number of Topliss-reactive ketones (excluding diaryl/α,β-unsaturated/α-hetero) is 1. The van der Waals surface area contributed by atoms with Crippen molar-refractivity contribution >= 4 is 5.78 Å². The van der Waals surface area contributed by atoms with Crippen LogP contribution in [0.15, 0.2) is 0 Å². The van der Waals surface area contributed by atoms with Gasteiger partial charge in [0.2, 0.25) is 0 Å². The zero-order chi connectivity index (χ0) is 12.0. The second-order valence-electron chi connectivity index (χ2n) is 4.63. The predicted molar refractivity (Wildman–Crippen MR) is 62.2 cm³/mol. The minimum Gasteiger partial charge on any atom is -0.394 e. The van der Waals surface area contributed by atoms with E-state index in [1.54, 1.807) is 0 Å². The van der Waals surface area contributed by atoms with Crippen LogP contribution >= 0.6 is 0 Å². The van der Waals surface area contributed by atoms with Crippen molar-refractivity contribution in [3.63, 3.8) is 0 Å². The van der Waals surface area contributed by atoms with Crippen molar-refractivity contribution in [3.05, 3.63) is 0 Å². The molecule has 0 bridgehead atoms. The number of aliphatic hydroxyl groups excluding tert-OH is 2. The number of hydrogen-bond acceptors (Lipinski definition) is 4. The van der Waals surface area contributed by atoms with E-state index in [2.05, 4.69) is 4.90 Å². The first kappa shape index (κ1) is 13.6. The molecule has 94 valence electrons. The number of β-amino-alcohol motifs (C(OH)–C–C–N with tert-alkyl or cyclic N) is 1. The summed E-state index contributed by atoms with van der Waals surface area (Å²) in [7, 11) is 0. The number of likely N-dealkylation sites (tertiary alicyclic amines) is 1. The molecule has 4 nitrogen and oxygen atoms in total. The molecular weight excluding hydrogens is 206 g/mol. The number of hydrogen-bond donors (Lipinski definition) is 2. The molecule has 0 aromatic rings. The van der Waals surface area contributed by atoms with Gasteiger partial charge in [-0.15, -0.1) is 0 Å². The van der Waals surface area contributed by atoms with Crippen LogP contribution in [0.5, 0.6) is 0 Å². The van der Waals surface area contributed by atoms with Gasteiger partial charge in [-0.25, -0.2) is 0 Å². The zero-order valence-electron chi connectivity index (χ0n) is 10.1. The van der Waals surface area contributed by atoms with Gasteiger partial charge in [-0.3, -0.25) is 4.79 Å². The van der Waals surface area contributed by atoms with Crippen LogP contribution in [0.4, 0.5) is 0 Å². The molecule has 0 saturated carbocycles. The number of carbonyl (C=O) groups excluding carboxylic acids is 1. The van der Waals surface area contributed by atoms with E-state index in [0.717, 1.165) is 32.4 Å². The number of nitrogens with zero attached hydrogens (tertiary/aromatic N) is 1. The van der Waals surface area contributed by atoms with E-state index in [-0.39, 0.29) is 12.5 Å². The number of rotatable bonds is 6. The lowest BCUT2D eigenvalue weighted by molar-refractivity contribution is -0.124. The molecule has 0 amide bonds. The highest BCUT2D eigenvalue weighted by atomic mass is 16.3. The van der Waals surface area contributed by atoms with Gasteiger partial charge in [0.05, 0.1) is 12.7 Å². The Balaban J connectivity index is 2.25. The molecule has 0 aromatic carbocycles. The molecule has 1 aliphatic heterocycles. The highest BCUT2D eigenvalue weighted by molar-refractivity contribution is 5.81. The van der Waals surface area contributed by atoms with Crippen molar-refractivity contribution in [2.24, 2.45) is 5.92 Å². The van der Waals surface area contributed by atoms with Gasteiger partial charge in [-0.1, -0.05) is 6.92 Å². The van der Waals surface area contributed by atoms with E-state index < -0.39 is 6.10 Å². The molecular formula is C12H23NO3. The lowest BCUT2D eigenvalue weighted by atomic mass is 9.90. The average Bonchev–Trinajstić information content (AvgIpc) is 2.30. The quantitative estimate of drug-likeness (QED) is 0.693. The first-order valence-corrected chi connectivity index (χ1v) is 6.21. The molecule has 0 aromatic heterocycles. The lowest BCUT2D eigenvalue weighted by Crippen LogP contribution is -2.41. The fourth-order valence-electron chi connectivity index (χ4n) is 2.24. The number of aliphatic hydroxyl groups is 2. The fourth-order valence-corrected chi connectivity index (χ4v) is 2.24. The Morgan fingerprint density at radius 1 is 1.44 bits per heavy atom. The van der Waals surface area contributed by atoms with Crippen molar-refractivity contribution in [3.8, 4) is 0 Å². The minimum atomic E-state index is -0.650. The zero-order valence-corrected chi connectivity index (χ0v) is 10.1. The maximum absolute atomic E-state index is 11.7. The standard InChI is InChI=1S/C12H23NO3/c1-2-3-12(16)10-4-6-13(7-5-10)8-11(15)9-14/h10-11,14-15H,2-9H2,1H3/t11-/m0/s1. The Hall–Kier alpha value is -0.450. The third kappa shape index (κ3) is 4.20. The van der Waals surface area contributed by atoms with Crippen molar-refractivity contribution < 1.29 is 15.0 Å². The van der Waals surface area contributed by atoms with Crippen LogP contribution in [0.1, 0.15) is 32.6 Å². The van der Waals surface area contributed by atoms with Gasteiger partial charge in [-0.05, 0) is 32.4 Å². The lowest BCUT2D eigenvalue weighted by Gasteiger charge is -2.32. The highest BCUT2D eigenvalue weighted by Crippen LogP contribution is 2.19. The van der Waals surface area contributed by atoms with Crippen molar-refractivity contribution in [2.45, 2.75) is 38.7 Å². The number of carbonyl (C=O) groups is 1. The summed E-state index contributed by atoms with van der Waals surface area (Å²) in [4.78, 5) is 13.8. The molecule has 1 saturated heterocycles. The van der Waals surface area contributed by atoms with Gasteiger partial charge in [-0.2, -0.15) is 0 Å². The summed E-state index contributed by atoms with van der Waals surface area (Å²) in [5.41, 5.74) is 0. The van der Waals surface area contributed by atoms with Gasteiger partial charge >= 0.3 is 0 Å². The second-order valence-corrected chi connectivity index (χ2v) is 4.63. The van der Waals surface area contributed by atoms with Crippen molar-refractivity contribution in [1.82, 2.24) is 4.90 Å². The van der Waals surface area contributed by atoms with Gasteiger partial charge in [0.25, 0.3) is 0 Å². The maximum Gasteiger partial charge on any atom is 0.136 e. The van der Waals surface area contributed by atoms with Crippen LogP contribution in [0, 0.1) is 5.92 Å². The smallest absolute Gasteiger partial charge is 0.136 e. The van der Waals surface area contributed by atoms with Gasteiger partial charge in [0, 0.05) is 18.9 Å². The monoisotopic (exact) mass is 229 g/mol. The largest absolute Gasteiger partial charge is 0.394 e. The van der Waals surface area contributed by atoms with Crippen molar-refractivity contribution in [2.75, 3.05) is 26.2 Å². The first-order chi connectivity index (χ1) is 7.67. The van der Waals surface area contributed by atoms with Crippen LogP contribution in [-0.2, 0) is 4.79 Å².